The van der Waals surface area contributed by atoms with E-state index in [-0.39, 0.29) is 0 Å². The molecule has 0 heterocycles. The number of allylic oxidation sites excluding steroid dienone is 2. The van der Waals surface area contributed by atoms with Gasteiger partial charge in [-0.3, -0.25) is 9.79 Å². The first-order valence-electron chi connectivity index (χ1n) is 2.97. The van der Waals surface area contributed by atoms with Crippen LogP contribution in [0.2, 0.25) is 0 Å². The highest BCUT2D eigenvalue weighted by Crippen LogP contribution is 1.87. The summed E-state index contributed by atoms with van der Waals surface area (Å²) in [5, 5.41) is 0. The van der Waals surface area contributed by atoms with E-state index in [0.717, 1.165) is 11.9 Å². The van der Waals surface area contributed by atoms with E-state index in [1.165, 1.54) is 6.20 Å². The summed E-state index contributed by atoms with van der Waals surface area (Å²) in [5.41, 5.74) is 1.48. The first-order valence-corrected chi connectivity index (χ1v) is 2.97. The molecular formula is C8H11NO. The Labute approximate surface area is 61.0 Å². The maximum atomic E-state index is 10.0. The first-order chi connectivity index (χ1) is 4.66. The Morgan fingerprint density at radius 2 is 2.10 bits per heavy atom. The van der Waals surface area contributed by atoms with E-state index < -0.39 is 0 Å². The van der Waals surface area contributed by atoms with Crippen LogP contribution in [0, 0.1) is 0 Å². The van der Waals surface area contributed by atoms with Crippen molar-refractivity contribution in [2.24, 2.45) is 4.99 Å². The Kier molecular flexibility index (Phi) is 4.12. The van der Waals surface area contributed by atoms with Gasteiger partial charge in [0.05, 0.1) is 0 Å². The molecule has 0 aliphatic carbocycles. The molecule has 0 atom stereocenters. The van der Waals surface area contributed by atoms with E-state index in [4.69, 9.17) is 0 Å². The summed E-state index contributed by atoms with van der Waals surface area (Å²) in [7, 11) is 0. The van der Waals surface area contributed by atoms with Crippen molar-refractivity contribution in [3.8, 4) is 0 Å². The quantitative estimate of drug-likeness (QED) is 0.331. The molecule has 0 bridgehead atoms. The van der Waals surface area contributed by atoms with Gasteiger partial charge in [-0.05, 0) is 19.4 Å². The lowest BCUT2D eigenvalue weighted by molar-refractivity contribution is -0.104. The number of carbonyl (C=O) groups excluding carboxylic acids is 1. The van der Waals surface area contributed by atoms with E-state index in [1.54, 1.807) is 13.1 Å². The minimum absolute atomic E-state index is 0.609. The molecule has 0 aromatic rings. The highest BCUT2D eigenvalue weighted by molar-refractivity contribution is 5.78. The molecular weight excluding hydrogens is 126 g/mol. The molecule has 10 heavy (non-hydrogen) atoms. The monoisotopic (exact) mass is 137 g/mol. The standard InChI is InChI=1S/C8H11NO/c1-7(2)4-9-5-8(3)6-10/h4-6H,1H2,2-3H3/b8-5+,9-4?. The minimum Gasteiger partial charge on any atom is -0.298 e. The van der Waals surface area contributed by atoms with Crippen LogP contribution in [0.1, 0.15) is 13.8 Å². The highest BCUT2D eigenvalue weighted by Gasteiger charge is 1.78. The maximum Gasteiger partial charge on any atom is 0.147 e. The SMILES string of the molecule is C=C(C)C=N/C=C(\C)C=O. The second-order valence-electron chi connectivity index (χ2n) is 2.12. The molecule has 0 saturated heterocycles. The summed E-state index contributed by atoms with van der Waals surface area (Å²) in [5.74, 6) is 0. The van der Waals surface area contributed by atoms with Crippen LogP contribution in [-0.4, -0.2) is 12.5 Å². The Morgan fingerprint density at radius 3 is 2.50 bits per heavy atom. The van der Waals surface area contributed by atoms with Gasteiger partial charge in [0.1, 0.15) is 6.29 Å². The third-order valence-corrected chi connectivity index (χ3v) is 0.759. The number of aliphatic imine (C=N–C) groups is 1. The lowest BCUT2D eigenvalue weighted by Crippen LogP contribution is -1.75. The lowest BCUT2D eigenvalue weighted by Gasteiger charge is -1.82. The lowest BCUT2D eigenvalue weighted by atomic mass is 10.4. The van der Waals surface area contributed by atoms with Gasteiger partial charge in [0.2, 0.25) is 0 Å². The zero-order valence-corrected chi connectivity index (χ0v) is 6.29. The van der Waals surface area contributed by atoms with Crippen LogP contribution in [0.3, 0.4) is 0 Å². The van der Waals surface area contributed by atoms with Crippen molar-refractivity contribution in [1.29, 1.82) is 0 Å². The number of hydrogen-bond acceptors (Lipinski definition) is 2. The molecule has 2 heteroatoms. The van der Waals surface area contributed by atoms with E-state index in [9.17, 15) is 4.79 Å². The van der Waals surface area contributed by atoms with Crippen LogP contribution in [0.4, 0.5) is 0 Å². The van der Waals surface area contributed by atoms with Crippen LogP contribution in [0.5, 0.6) is 0 Å². The molecule has 0 radical (unpaired) electrons. The average molecular weight is 137 g/mol. The van der Waals surface area contributed by atoms with E-state index in [2.05, 4.69) is 11.6 Å². The van der Waals surface area contributed by atoms with E-state index >= 15 is 0 Å². The van der Waals surface area contributed by atoms with Crippen LogP contribution >= 0.6 is 0 Å². The zero-order valence-electron chi connectivity index (χ0n) is 6.29. The smallest absolute Gasteiger partial charge is 0.147 e. The Bertz CT molecular complexity index is 189. The summed E-state index contributed by atoms with van der Waals surface area (Å²) < 4.78 is 0. The number of hydrogen-bond donors (Lipinski definition) is 0. The predicted octanol–water partition coefficient (Wildman–Crippen LogP) is 1.74. The van der Waals surface area contributed by atoms with Crippen LogP contribution in [0.25, 0.3) is 0 Å². The Balaban J connectivity index is 3.93. The third-order valence-electron chi connectivity index (χ3n) is 0.759. The van der Waals surface area contributed by atoms with Crippen molar-refractivity contribution in [2.75, 3.05) is 0 Å². The Hall–Kier alpha value is -1.18. The molecule has 0 aliphatic heterocycles. The van der Waals surface area contributed by atoms with Crippen molar-refractivity contribution >= 4 is 12.5 Å². The van der Waals surface area contributed by atoms with E-state index in [0.29, 0.717) is 5.57 Å². The second kappa shape index (κ2) is 4.68. The number of rotatable bonds is 3. The van der Waals surface area contributed by atoms with Gasteiger partial charge in [-0.2, -0.15) is 0 Å². The van der Waals surface area contributed by atoms with Crippen LogP contribution in [-0.2, 0) is 4.79 Å². The zero-order chi connectivity index (χ0) is 7.98. The minimum atomic E-state index is 0.609. The molecule has 2 nitrogen and oxygen atoms in total. The molecule has 0 spiro atoms. The van der Waals surface area contributed by atoms with Gasteiger partial charge in [0.15, 0.2) is 0 Å². The van der Waals surface area contributed by atoms with Crippen LogP contribution in [0.15, 0.2) is 28.9 Å². The first kappa shape index (κ1) is 8.82. The summed E-state index contributed by atoms with van der Waals surface area (Å²) in [4.78, 5) is 13.8. The van der Waals surface area contributed by atoms with Gasteiger partial charge >= 0.3 is 0 Å². The van der Waals surface area contributed by atoms with Gasteiger partial charge in [0, 0.05) is 18.0 Å². The van der Waals surface area contributed by atoms with Gasteiger partial charge in [-0.25, -0.2) is 0 Å². The van der Waals surface area contributed by atoms with Crippen molar-refractivity contribution < 1.29 is 4.79 Å². The van der Waals surface area contributed by atoms with Gasteiger partial charge in [0.25, 0.3) is 0 Å². The van der Waals surface area contributed by atoms with Crippen LogP contribution < -0.4 is 0 Å². The fourth-order valence-electron chi connectivity index (χ4n) is 0.313. The van der Waals surface area contributed by atoms with Crippen molar-refractivity contribution in [3.63, 3.8) is 0 Å². The van der Waals surface area contributed by atoms with Crippen molar-refractivity contribution in [2.45, 2.75) is 13.8 Å². The van der Waals surface area contributed by atoms with E-state index in [1.807, 2.05) is 6.92 Å². The highest BCUT2D eigenvalue weighted by atomic mass is 16.1. The number of aldehydes is 1. The van der Waals surface area contributed by atoms with Gasteiger partial charge < -0.3 is 0 Å². The summed E-state index contributed by atoms with van der Waals surface area (Å²) >= 11 is 0. The fourth-order valence-corrected chi connectivity index (χ4v) is 0.313. The molecule has 0 saturated carbocycles. The molecule has 0 amide bonds. The largest absolute Gasteiger partial charge is 0.298 e. The molecule has 0 aliphatic rings. The topological polar surface area (TPSA) is 29.4 Å². The molecule has 0 aromatic heterocycles. The number of nitrogens with zero attached hydrogens (tertiary/aromatic N) is 1. The third kappa shape index (κ3) is 4.97. The van der Waals surface area contributed by atoms with Gasteiger partial charge in [-0.1, -0.05) is 6.58 Å². The van der Waals surface area contributed by atoms with Gasteiger partial charge in [-0.15, -0.1) is 0 Å². The normalized spacial score (nSPS) is 12.0. The summed E-state index contributed by atoms with van der Waals surface area (Å²) in [6.07, 6.45) is 3.87. The molecule has 0 rings (SSSR count). The molecule has 0 unspecified atom stereocenters. The molecule has 0 aromatic carbocycles. The molecule has 54 valence electrons. The molecule has 0 N–H and O–H groups in total. The predicted molar refractivity (Wildman–Crippen MR) is 43.1 cm³/mol. The maximum absolute atomic E-state index is 10.0. The fraction of sp³-hybridized carbons (Fsp3) is 0.250. The summed E-state index contributed by atoms with van der Waals surface area (Å²) in [6, 6.07) is 0. The average Bonchev–Trinajstić information content (AvgIpc) is 1.87. The molecule has 0 fully saturated rings. The van der Waals surface area contributed by atoms with Crippen molar-refractivity contribution in [3.05, 3.63) is 23.9 Å². The Morgan fingerprint density at radius 1 is 1.50 bits per heavy atom. The summed E-state index contributed by atoms with van der Waals surface area (Å²) in [6.45, 7) is 7.15. The van der Waals surface area contributed by atoms with Crippen molar-refractivity contribution in [1.82, 2.24) is 0 Å². The number of carbonyl (C=O) groups is 1. The second-order valence-corrected chi connectivity index (χ2v) is 2.12.